The van der Waals surface area contributed by atoms with Crippen LogP contribution < -0.4 is 9.64 Å². The van der Waals surface area contributed by atoms with Crippen LogP contribution in [0.3, 0.4) is 0 Å². The lowest BCUT2D eigenvalue weighted by atomic mass is 9.83. The lowest BCUT2D eigenvalue weighted by Gasteiger charge is -2.44. The SMILES string of the molecule is Cc1ccc(N2CCC3(CC2)Oc2ccccc2-c2c3nc(C(C)C)n2CC(C)C)nn1. The van der Waals surface area contributed by atoms with Crippen molar-refractivity contribution < 1.29 is 4.74 Å². The van der Waals surface area contributed by atoms with Crippen LogP contribution in [0.5, 0.6) is 5.75 Å². The molecular weight excluding hydrogens is 398 g/mol. The number of hydrogen-bond donors (Lipinski definition) is 0. The van der Waals surface area contributed by atoms with Crippen molar-refractivity contribution in [3.8, 4) is 17.0 Å². The Bertz CT molecular complexity index is 1110. The van der Waals surface area contributed by atoms with Crippen LogP contribution in [0.4, 0.5) is 5.82 Å². The monoisotopic (exact) mass is 431 g/mol. The van der Waals surface area contributed by atoms with E-state index >= 15 is 0 Å². The Kier molecular flexibility index (Phi) is 5.19. The molecule has 1 spiro atoms. The highest BCUT2D eigenvalue weighted by Gasteiger charge is 2.47. The Balaban J connectivity index is 1.57. The first-order valence-corrected chi connectivity index (χ1v) is 11.8. The van der Waals surface area contributed by atoms with Crippen LogP contribution >= 0.6 is 0 Å². The molecule has 6 heteroatoms. The van der Waals surface area contributed by atoms with Gasteiger partial charge in [0.15, 0.2) is 11.4 Å². The number of rotatable bonds is 4. The van der Waals surface area contributed by atoms with E-state index in [1.807, 2.05) is 13.0 Å². The first kappa shape index (κ1) is 21.0. The third-order valence-electron chi connectivity index (χ3n) is 6.62. The van der Waals surface area contributed by atoms with Gasteiger partial charge in [-0.15, -0.1) is 5.10 Å². The average molecular weight is 432 g/mol. The molecule has 1 fully saturated rings. The molecule has 2 aromatic heterocycles. The second kappa shape index (κ2) is 7.91. The summed E-state index contributed by atoms with van der Waals surface area (Å²) in [5, 5.41) is 8.65. The molecule has 0 N–H and O–H groups in total. The Labute approximate surface area is 190 Å². The molecule has 1 saturated heterocycles. The maximum Gasteiger partial charge on any atom is 0.156 e. The van der Waals surface area contributed by atoms with E-state index < -0.39 is 5.60 Å². The van der Waals surface area contributed by atoms with Crippen molar-refractivity contribution in [3.05, 3.63) is 53.6 Å². The largest absolute Gasteiger partial charge is 0.480 e. The zero-order chi connectivity index (χ0) is 22.5. The highest BCUT2D eigenvalue weighted by Crippen LogP contribution is 2.50. The Hall–Kier alpha value is -2.89. The molecule has 0 atom stereocenters. The van der Waals surface area contributed by atoms with Crippen molar-refractivity contribution in [2.45, 2.75) is 65.5 Å². The number of anilines is 1. The van der Waals surface area contributed by atoms with Gasteiger partial charge in [0.25, 0.3) is 0 Å². The van der Waals surface area contributed by atoms with E-state index in [-0.39, 0.29) is 0 Å². The van der Waals surface area contributed by atoms with Gasteiger partial charge in [-0.05, 0) is 37.1 Å². The zero-order valence-corrected chi connectivity index (χ0v) is 19.8. The summed E-state index contributed by atoms with van der Waals surface area (Å²) in [5.41, 5.74) is 4.09. The average Bonchev–Trinajstić information content (AvgIpc) is 3.15. The van der Waals surface area contributed by atoms with Gasteiger partial charge in [-0.3, -0.25) is 0 Å². The predicted molar refractivity (Wildman–Crippen MR) is 127 cm³/mol. The zero-order valence-electron chi connectivity index (χ0n) is 19.8. The molecule has 5 rings (SSSR count). The molecule has 32 heavy (non-hydrogen) atoms. The number of imidazole rings is 1. The second-order valence-corrected chi connectivity index (χ2v) is 9.94. The van der Waals surface area contributed by atoms with Crippen LogP contribution in [0, 0.1) is 12.8 Å². The van der Waals surface area contributed by atoms with Gasteiger partial charge in [-0.2, -0.15) is 5.10 Å². The van der Waals surface area contributed by atoms with Crippen LogP contribution in [0.1, 0.15) is 63.7 Å². The van der Waals surface area contributed by atoms with E-state index in [4.69, 9.17) is 9.72 Å². The molecule has 1 aromatic carbocycles. The van der Waals surface area contributed by atoms with Gasteiger partial charge in [0.1, 0.15) is 17.3 Å². The van der Waals surface area contributed by atoms with Crippen molar-refractivity contribution in [1.82, 2.24) is 19.7 Å². The maximum absolute atomic E-state index is 6.80. The third-order valence-corrected chi connectivity index (χ3v) is 6.62. The Morgan fingerprint density at radius 2 is 1.75 bits per heavy atom. The molecule has 2 aliphatic rings. The number of nitrogens with zero attached hydrogens (tertiary/aromatic N) is 5. The molecule has 2 aliphatic heterocycles. The standard InChI is InChI=1S/C26H33N5O/c1-17(2)16-31-23-20-8-6-7-9-21(20)32-26(24(23)27-25(31)18(3)4)12-14-30(15-13-26)22-11-10-19(5)28-29-22/h6-11,17-18H,12-16H2,1-5H3. The van der Waals surface area contributed by atoms with Crippen molar-refractivity contribution in [1.29, 1.82) is 0 Å². The van der Waals surface area contributed by atoms with Crippen molar-refractivity contribution >= 4 is 5.82 Å². The van der Waals surface area contributed by atoms with Crippen molar-refractivity contribution in [3.63, 3.8) is 0 Å². The lowest BCUT2D eigenvalue weighted by molar-refractivity contribution is 0.0326. The molecule has 0 radical (unpaired) electrons. The normalized spacial score (nSPS) is 16.9. The summed E-state index contributed by atoms with van der Waals surface area (Å²) in [6.45, 7) is 13.7. The van der Waals surface area contributed by atoms with Gasteiger partial charge in [0, 0.05) is 44.0 Å². The summed E-state index contributed by atoms with van der Waals surface area (Å²) in [6.07, 6.45) is 1.75. The van der Waals surface area contributed by atoms with E-state index in [0.29, 0.717) is 11.8 Å². The minimum absolute atomic E-state index is 0.353. The summed E-state index contributed by atoms with van der Waals surface area (Å²) < 4.78 is 9.27. The summed E-state index contributed by atoms with van der Waals surface area (Å²) in [4.78, 5) is 7.60. The summed E-state index contributed by atoms with van der Waals surface area (Å²) in [6, 6.07) is 12.6. The summed E-state index contributed by atoms with van der Waals surface area (Å²) in [5.74, 6) is 3.97. The number of hydrogen-bond acceptors (Lipinski definition) is 5. The van der Waals surface area contributed by atoms with E-state index in [2.05, 4.69) is 77.7 Å². The number of fused-ring (bicyclic) bond motifs is 4. The Morgan fingerprint density at radius 1 is 1.00 bits per heavy atom. The molecule has 0 bridgehead atoms. The van der Waals surface area contributed by atoms with Gasteiger partial charge >= 0.3 is 0 Å². The lowest BCUT2D eigenvalue weighted by Crippen LogP contribution is -2.48. The number of aromatic nitrogens is 4. The van der Waals surface area contributed by atoms with Crippen molar-refractivity contribution in [2.75, 3.05) is 18.0 Å². The molecule has 0 aliphatic carbocycles. The first-order chi connectivity index (χ1) is 15.4. The molecule has 0 saturated carbocycles. The number of ether oxygens (including phenoxy) is 1. The highest BCUT2D eigenvalue weighted by atomic mass is 16.5. The van der Waals surface area contributed by atoms with E-state index in [9.17, 15) is 0 Å². The quantitative estimate of drug-likeness (QED) is 0.560. The van der Waals surface area contributed by atoms with Gasteiger partial charge in [0.2, 0.25) is 0 Å². The van der Waals surface area contributed by atoms with Gasteiger partial charge in [-0.1, -0.05) is 39.8 Å². The van der Waals surface area contributed by atoms with Gasteiger partial charge < -0.3 is 14.2 Å². The first-order valence-electron chi connectivity index (χ1n) is 11.8. The minimum atomic E-state index is -0.399. The molecule has 0 amide bonds. The molecule has 4 heterocycles. The highest BCUT2D eigenvalue weighted by molar-refractivity contribution is 5.73. The summed E-state index contributed by atoms with van der Waals surface area (Å²) in [7, 11) is 0. The topological polar surface area (TPSA) is 56.1 Å². The van der Waals surface area contributed by atoms with E-state index in [1.165, 1.54) is 11.3 Å². The molecule has 0 unspecified atom stereocenters. The van der Waals surface area contributed by atoms with Crippen LogP contribution in [0.25, 0.3) is 11.3 Å². The number of aryl methyl sites for hydroxylation is 1. The van der Waals surface area contributed by atoms with Gasteiger partial charge in [0.05, 0.1) is 11.4 Å². The number of piperidine rings is 1. The van der Waals surface area contributed by atoms with Gasteiger partial charge in [-0.25, -0.2) is 4.98 Å². The Morgan fingerprint density at radius 3 is 2.41 bits per heavy atom. The second-order valence-electron chi connectivity index (χ2n) is 9.94. The van der Waals surface area contributed by atoms with Crippen LogP contribution in [0.15, 0.2) is 36.4 Å². The third kappa shape index (κ3) is 3.46. The minimum Gasteiger partial charge on any atom is -0.480 e. The van der Waals surface area contributed by atoms with E-state index in [0.717, 1.165) is 61.3 Å². The van der Waals surface area contributed by atoms with E-state index in [1.54, 1.807) is 0 Å². The molecule has 3 aromatic rings. The number of para-hydroxylation sites is 1. The van der Waals surface area contributed by atoms with Crippen LogP contribution in [-0.4, -0.2) is 32.8 Å². The maximum atomic E-state index is 6.80. The smallest absolute Gasteiger partial charge is 0.156 e. The van der Waals surface area contributed by atoms with Crippen LogP contribution in [-0.2, 0) is 12.1 Å². The number of benzene rings is 1. The fraction of sp³-hybridized carbons (Fsp3) is 0.500. The summed E-state index contributed by atoms with van der Waals surface area (Å²) >= 11 is 0. The molecular formula is C26H33N5O. The van der Waals surface area contributed by atoms with Crippen LogP contribution in [0.2, 0.25) is 0 Å². The fourth-order valence-corrected chi connectivity index (χ4v) is 5.06. The molecule has 168 valence electrons. The predicted octanol–water partition coefficient (Wildman–Crippen LogP) is 5.32. The van der Waals surface area contributed by atoms with Crippen molar-refractivity contribution in [2.24, 2.45) is 5.92 Å². The fourth-order valence-electron chi connectivity index (χ4n) is 5.06. The molecule has 6 nitrogen and oxygen atoms in total.